The highest BCUT2D eigenvalue weighted by Gasteiger charge is 2.34. The number of rotatable bonds is 6. The van der Waals surface area contributed by atoms with Gasteiger partial charge in [0.1, 0.15) is 0 Å². The minimum Gasteiger partial charge on any atom is -0.302 e. The number of aromatic amines is 2. The number of nitrogens with one attached hydrogen (secondary N) is 3. The summed E-state index contributed by atoms with van der Waals surface area (Å²) >= 11 is 1.53. The first-order chi connectivity index (χ1) is 13.6. The molecule has 3 rings (SSSR count). The van der Waals surface area contributed by atoms with Crippen molar-refractivity contribution in [2.24, 2.45) is 0 Å². The molecule has 0 saturated carbocycles. The van der Waals surface area contributed by atoms with Gasteiger partial charge in [-0.15, -0.1) is 11.3 Å². The molecule has 6 nitrogen and oxygen atoms in total. The number of hydrogen-bond donors (Lipinski definition) is 3. The Balaban J connectivity index is 1.99. The third kappa shape index (κ3) is 4.86. The second-order valence-electron chi connectivity index (χ2n) is 8.01. The second kappa shape index (κ2) is 8.00. The van der Waals surface area contributed by atoms with Crippen LogP contribution >= 0.6 is 11.3 Å². The summed E-state index contributed by atoms with van der Waals surface area (Å²) in [7, 11) is -1.32. The molecule has 150 valence electrons. The van der Waals surface area contributed by atoms with Gasteiger partial charge >= 0.3 is 0 Å². The van der Waals surface area contributed by atoms with E-state index in [1.807, 2.05) is 39.1 Å². The number of nitrogens with zero attached hydrogens (tertiary/aromatic N) is 1. The van der Waals surface area contributed by atoms with E-state index in [0.29, 0.717) is 12.0 Å². The van der Waals surface area contributed by atoms with E-state index >= 15 is 0 Å². The van der Waals surface area contributed by atoms with Crippen molar-refractivity contribution in [1.29, 1.82) is 5.26 Å². The molecule has 0 fully saturated rings. The number of hydrogen-bond acceptors (Lipinski definition) is 4. The Morgan fingerprint density at radius 3 is 2.62 bits per heavy atom. The Morgan fingerprint density at radius 1 is 1.24 bits per heavy atom. The van der Waals surface area contributed by atoms with E-state index in [4.69, 9.17) is 5.26 Å². The van der Waals surface area contributed by atoms with Crippen LogP contribution in [0.3, 0.4) is 0 Å². The SMILES string of the molecule is CC(C)(C)S(=O)N[C@@](C)(Cc1cc(=O)[nH][nH]1)c1cc(-c2c#ccc(C#N)c2)cs1. The van der Waals surface area contributed by atoms with Gasteiger partial charge in [0, 0.05) is 40.3 Å². The molecule has 1 aromatic carbocycles. The maximum atomic E-state index is 12.9. The van der Waals surface area contributed by atoms with Crippen LogP contribution in [-0.2, 0) is 22.9 Å². The van der Waals surface area contributed by atoms with Crippen LogP contribution in [0.2, 0.25) is 0 Å². The predicted octanol–water partition coefficient (Wildman–Crippen LogP) is 3.41. The highest BCUT2D eigenvalue weighted by atomic mass is 32.2. The van der Waals surface area contributed by atoms with E-state index in [2.05, 4.69) is 33.1 Å². The van der Waals surface area contributed by atoms with Crippen LogP contribution < -0.4 is 10.3 Å². The molecule has 3 aromatic rings. The van der Waals surface area contributed by atoms with Gasteiger partial charge in [0.25, 0.3) is 5.56 Å². The Labute approximate surface area is 176 Å². The van der Waals surface area contributed by atoms with E-state index in [0.717, 1.165) is 21.7 Å². The van der Waals surface area contributed by atoms with E-state index < -0.39 is 21.3 Å². The Bertz CT molecular complexity index is 1130. The lowest BCUT2D eigenvalue weighted by Gasteiger charge is -2.32. The molecule has 2 aromatic heterocycles. The number of aromatic nitrogens is 2. The molecule has 8 heteroatoms. The third-order valence-electron chi connectivity index (χ3n) is 4.39. The van der Waals surface area contributed by atoms with Crippen LogP contribution in [-0.4, -0.2) is 19.2 Å². The molecular weight excluding hydrogens is 404 g/mol. The summed E-state index contributed by atoms with van der Waals surface area (Å²) in [6.45, 7) is 7.70. The second-order valence-corrected chi connectivity index (χ2v) is 10.9. The van der Waals surface area contributed by atoms with Gasteiger partial charge < -0.3 is 5.10 Å². The number of thiophene rings is 1. The van der Waals surface area contributed by atoms with Crippen molar-refractivity contribution in [3.05, 3.63) is 68.3 Å². The normalized spacial score (nSPS) is 14.6. The van der Waals surface area contributed by atoms with Crippen molar-refractivity contribution in [2.45, 2.75) is 44.4 Å². The van der Waals surface area contributed by atoms with E-state index in [1.165, 1.54) is 17.4 Å². The summed E-state index contributed by atoms with van der Waals surface area (Å²) in [4.78, 5) is 12.5. The lowest BCUT2D eigenvalue weighted by atomic mass is 9.94. The molecule has 0 spiro atoms. The molecule has 0 aliphatic heterocycles. The zero-order chi connectivity index (χ0) is 21.2. The van der Waals surface area contributed by atoms with Crippen molar-refractivity contribution in [1.82, 2.24) is 14.9 Å². The number of nitriles is 1. The molecular formula is C21H22N4O2S2. The zero-order valence-corrected chi connectivity index (χ0v) is 18.3. The molecule has 0 aliphatic carbocycles. The van der Waals surface area contributed by atoms with Gasteiger partial charge in [-0.25, -0.2) is 8.93 Å². The van der Waals surface area contributed by atoms with Gasteiger partial charge in [0.2, 0.25) is 0 Å². The summed E-state index contributed by atoms with van der Waals surface area (Å²) in [6.07, 6.45) is 0.446. The number of H-pyrrole nitrogens is 2. The average molecular weight is 427 g/mol. The summed E-state index contributed by atoms with van der Waals surface area (Å²) in [5.41, 5.74) is 2.05. The monoisotopic (exact) mass is 426 g/mol. The van der Waals surface area contributed by atoms with Gasteiger partial charge in [0.15, 0.2) is 0 Å². The lowest BCUT2D eigenvalue weighted by Crippen LogP contribution is -2.47. The fourth-order valence-corrected chi connectivity index (χ4v) is 4.78. The first-order valence-electron chi connectivity index (χ1n) is 9.00. The van der Waals surface area contributed by atoms with Crippen LogP contribution in [0.1, 0.15) is 43.8 Å². The maximum Gasteiger partial charge on any atom is 0.264 e. The molecule has 0 aliphatic rings. The maximum absolute atomic E-state index is 12.9. The Morgan fingerprint density at radius 2 is 2.00 bits per heavy atom. The standard InChI is InChI=1S/C21H22N4O2S2/c1-20(2,3)29(27)25-21(4,11-17-10-19(26)24-23-17)18-9-16(13-28-18)15-7-5-6-14(8-15)12-22/h6,8-10,13,25H,11H2,1-4H3,(H2,23,24,26)/t21-,29?/m0/s1. The molecule has 1 unspecified atom stereocenters. The van der Waals surface area contributed by atoms with Crippen molar-refractivity contribution in [3.8, 4) is 17.2 Å². The smallest absolute Gasteiger partial charge is 0.264 e. The van der Waals surface area contributed by atoms with Gasteiger partial charge in [0.05, 0.1) is 32.9 Å². The first-order valence-corrected chi connectivity index (χ1v) is 11.0. The summed E-state index contributed by atoms with van der Waals surface area (Å²) in [5.74, 6) is 0. The van der Waals surface area contributed by atoms with Crippen LogP contribution in [0, 0.1) is 23.5 Å². The van der Waals surface area contributed by atoms with Crippen LogP contribution in [0.4, 0.5) is 0 Å². The van der Waals surface area contributed by atoms with Crippen LogP contribution in [0.15, 0.2) is 34.4 Å². The fraction of sp³-hybridized carbons (Fsp3) is 0.333. The van der Waals surface area contributed by atoms with Gasteiger partial charge in [-0.1, -0.05) is 12.1 Å². The molecule has 3 N–H and O–H groups in total. The predicted molar refractivity (Wildman–Crippen MR) is 116 cm³/mol. The van der Waals surface area contributed by atoms with Crippen LogP contribution in [0.25, 0.3) is 11.1 Å². The lowest BCUT2D eigenvalue weighted by molar-refractivity contribution is 0.441. The van der Waals surface area contributed by atoms with E-state index in [-0.39, 0.29) is 5.56 Å². The van der Waals surface area contributed by atoms with E-state index in [1.54, 1.807) is 12.1 Å². The molecule has 2 heterocycles. The molecule has 0 bridgehead atoms. The molecule has 0 amide bonds. The minimum absolute atomic E-state index is 0.204. The third-order valence-corrected chi connectivity index (χ3v) is 7.33. The van der Waals surface area contributed by atoms with Gasteiger partial charge in [-0.2, -0.15) is 5.26 Å². The minimum atomic E-state index is -1.32. The molecule has 29 heavy (non-hydrogen) atoms. The fourth-order valence-electron chi connectivity index (χ4n) is 2.79. The average Bonchev–Trinajstić information content (AvgIpc) is 3.30. The Hall–Kier alpha value is -2.65. The first kappa shape index (κ1) is 21.1. The highest BCUT2D eigenvalue weighted by molar-refractivity contribution is 7.84. The molecule has 2 atom stereocenters. The molecule has 0 saturated heterocycles. The van der Waals surface area contributed by atoms with Crippen molar-refractivity contribution >= 4 is 22.3 Å². The van der Waals surface area contributed by atoms with Gasteiger partial charge in [-0.05, 0) is 45.2 Å². The largest absolute Gasteiger partial charge is 0.302 e. The van der Waals surface area contributed by atoms with E-state index in [9.17, 15) is 9.00 Å². The highest BCUT2D eigenvalue weighted by Crippen LogP contribution is 2.35. The summed E-state index contributed by atoms with van der Waals surface area (Å²) < 4.78 is 15.7. The summed E-state index contributed by atoms with van der Waals surface area (Å²) in [5, 5.41) is 16.5. The van der Waals surface area contributed by atoms with Crippen molar-refractivity contribution in [3.63, 3.8) is 0 Å². The topological polar surface area (TPSA) is 102 Å². The van der Waals surface area contributed by atoms with Gasteiger partial charge in [-0.3, -0.25) is 9.89 Å². The summed E-state index contributed by atoms with van der Waals surface area (Å²) in [6, 6.07) is 14.9. The van der Waals surface area contributed by atoms with Crippen molar-refractivity contribution < 1.29 is 4.21 Å². The van der Waals surface area contributed by atoms with Crippen LogP contribution in [0.5, 0.6) is 0 Å². The quantitative estimate of drug-likeness (QED) is 0.563. The zero-order valence-electron chi connectivity index (χ0n) is 16.7. The van der Waals surface area contributed by atoms with Crippen molar-refractivity contribution in [2.75, 3.05) is 0 Å². The Kier molecular flexibility index (Phi) is 5.81. The molecule has 0 radical (unpaired) electrons.